The average molecular weight is 258 g/mol. The molecule has 1 aromatic rings. The Hall–Kier alpha value is -0.860. The van der Waals surface area contributed by atoms with Crippen LogP contribution in [0.2, 0.25) is 0 Å². The molecule has 0 aliphatic heterocycles. The molecule has 0 saturated heterocycles. The lowest BCUT2D eigenvalue weighted by atomic mass is 9.86. The van der Waals surface area contributed by atoms with Crippen molar-refractivity contribution in [2.75, 3.05) is 7.05 Å². The van der Waals surface area contributed by atoms with Crippen LogP contribution in [-0.2, 0) is 6.42 Å². The number of hydrogen-bond acceptors (Lipinski definition) is 2. The van der Waals surface area contributed by atoms with Gasteiger partial charge in [-0.15, -0.1) is 0 Å². The molecule has 2 unspecified atom stereocenters. The Labute approximate surface area is 117 Å². The Kier molecular flexibility index (Phi) is 3.64. The predicted octanol–water partition coefficient (Wildman–Crippen LogP) is 3.12. The minimum atomic E-state index is 0.195. The zero-order valence-corrected chi connectivity index (χ0v) is 12.2. The van der Waals surface area contributed by atoms with E-state index in [-0.39, 0.29) is 6.04 Å². The fourth-order valence-electron chi connectivity index (χ4n) is 3.92. The van der Waals surface area contributed by atoms with Gasteiger partial charge in [0.15, 0.2) is 0 Å². The van der Waals surface area contributed by atoms with Gasteiger partial charge in [-0.3, -0.25) is 4.90 Å². The first kappa shape index (κ1) is 13.1. The summed E-state index contributed by atoms with van der Waals surface area (Å²) < 4.78 is 0. The molecule has 0 heterocycles. The van der Waals surface area contributed by atoms with Gasteiger partial charge in [0.1, 0.15) is 0 Å². The summed E-state index contributed by atoms with van der Waals surface area (Å²) in [5, 5.41) is 0. The van der Waals surface area contributed by atoms with Crippen molar-refractivity contribution in [3.05, 3.63) is 35.4 Å². The van der Waals surface area contributed by atoms with E-state index in [4.69, 9.17) is 5.73 Å². The zero-order chi connectivity index (χ0) is 13.4. The Morgan fingerprint density at radius 3 is 2.47 bits per heavy atom. The number of hydrogen-bond donors (Lipinski definition) is 1. The van der Waals surface area contributed by atoms with Crippen LogP contribution in [0.15, 0.2) is 24.3 Å². The Balaban J connectivity index is 1.71. The quantitative estimate of drug-likeness (QED) is 0.883. The fourth-order valence-corrected chi connectivity index (χ4v) is 3.92. The number of benzene rings is 1. The lowest BCUT2D eigenvalue weighted by Crippen LogP contribution is -2.45. The van der Waals surface area contributed by atoms with Crippen LogP contribution >= 0.6 is 0 Å². The van der Waals surface area contributed by atoms with Gasteiger partial charge in [0, 0.05) is 18.1 Å². The van der Waals surface area contributed by atoms with E-state index in [0.717, 1.165) is 18.4 Å². The molecule has 2 N–H and O–H groups in total. The van der Waals surface area contributed by atoms with Crippen LogP contribution in [-0.4, -0.2) is 24.0 Å². The summed E-state index contributed by atoms with van der Waals surface area (Å²) >= 11 is 0. The molecule has 1 aromatic carbocycles. The molecule has 0 bridgehead atoms. The summed E-state index contributed by atoms with van der Waals surface area (Å²) in [6.07, 6.45) is 6.57. The molecule has 19 heavy (non-hydrogen) atoms. The van der Waals surface area contributed by atoms with Gasteiger partial charge in [-0.1, -0.05) is 31.2 Å². The number of nitrogens with zero attached hydrogens (tertiary/aromatic N) is 1. The van der Waals surface area contributed by atoms with Crippen molar-refractivity contribution in [2.24, 2.45) is 11.7 Å². The van der Waals surface area contributed by atoms with Gasteiger partial charge in [-0.25, -0.2) is 0 Å². The second kappa shape index (κ2) is 5.26. The molecule has 2 heteroatoms. The van der Waals surface area contributed by atoms with Gasteiger partial charge >= 0.3 is 0 Å². The van der Waals surface area contributed by atoms with Crippen LogP contribution < -0.4 is 5.73 Å². The van der Waals surface area contributed by atoms with Crippen molar-refractivity contribution in [3.8, 4) is 0 Å². The number of likely N-dealkylation sites (N-methyl/N-ethyl adjacent to an activating group) is 1. The normalized spacial score (nSPS) is 34.5. The van der Waals surface area contributed by atoms with Crippen molar-refractivity contribution >= 4 is 0 Å². The van der Waals surface area contributed by atoms with Gasteiger partial charge in [-0.2, -0.15) is 0 Å². The minimum Gasteiger partial charge on any atom is -0.323 e. The lowest BCUT2D eigenvalue weighted by Gasteiger charge is -2.38. The minimum absolute atomic E-state index is 0.195. The van der Waals surface area contributed by atoms with Gasteiger partial charge in [0.25, 0.3) is 0 Å². The molecule has 1 saturated carbocycles. The summed E-state index contributed by atoms with van der Waals surface area (Å²) in [6, 6.07) is 10.1. The summed E-state index contributed by atoms with van der Waals surface area (Å²) in [5.41, 5.74) is 9.30. The zero-order valence-electron chi connectivity index (χ0n) is 12.2. The third-order valence-corrected chi connectivity index (χ3v) is 5.34. The highest BCUT2D eigenvalue weighted by Crippen LogP contribution is 2.35. The standard InChI is InChI=1S/C17H26N2/c1-12-7-9-14(10-8-12)19(2)16-11-13-5-3-4-6-15(13)17(16)18/h3-6,12,14,16-17H,7-11,18H2,1-2H3. The third kappa shape index (κ3) is 2.44. The molecule has 0 spiro atoms. The SMILES string of the molecule is CC1CCC(N(C)C2Cc3ccccc3C2N)CC1. The van der Waals surface area contributed by atoms with E-state index in [1.165, 1.54) is 36.8 Å². The molecule has 1 fully saturated rings. The number of rotatable bonds is 2. The molecule has 2 aliphatic carbocycles. The fraction of sp³-hybridized carbons (Fsp3) is 0.647. The number of nitrogens with two attached hydrogens (primary N) is 1. The second-order valence-corrected chi connectivity index (χ2v) is 6.58. The molecule has 3 rings (SSSR count). The molecule has 2 atom stereocenters. The second-order valence-electron chi connectivity index (χ2n) is 6.58. The van der Waals surface area contributed by atoms with Gasteiger partial charge in [0.2, 0.25) is 0 Å². The molecule has 0 aromatic heterocycles. The summed E-state index contributed by atoms with van der Waals surface area (Å²) in [6.45, 7) is 2.38. The Morgan fingerprint density at radius 1 is 1.11 bits per heavy atom. The Bertz CT molecular complexity index is 435. The van der Waals surface area contributed by atoms with Gasteiger partial charge in [-0.05, 0) is 56.2 Å². The first-order chi connectivity index (χ1) is 9.16. The van der Waals surface area contributed by atoms with E-state index < -0.39 is 0 Å². The van der Waals surface area contributed by atoms with E-state index in [1.54, 1.807) is 0 Å². The molecule has 0 amide bonds. The van der Waals surface area contributed by atoms with Crippen molar-refractivity contribution < 1.29 is 0 Å². The molecule has 2 nitrogen and oxygen atoms in total. The molecular formula is C17H26N2. The van der Waals surface area contributed by atoms with Crippen molar-refractivity contribution in [1.82, 2.24) is 4.90 Å². The summed E-state index contributed by atoms with van der Waals surface area (Å²) in [5.74, 6) is 0.916. The first-order valence-corrected chi connectivity index (χ1v) is 7.72. The van der Waals surface area contributed by atoms with Crippen LogP contribution in [0.1, 0.15) is 49.8 Å². The highest BCUT2D eigenvalue weighted by Gasteiger charge is 2.35. The van der Waals surface area contributed by atoms with Crippen LogP contribution in [0.5, 0.6) is 0 Å². The maximum Gasteiger partial charge on any atom is 0.0459 e. The van der Waals surface area contributed by atoms with E-state index in [2.05, 4.69) is 43.1 Å². The number of fused-ring (bicyclic) bond motifs is 1. The van der Waals surface area contributed by atoms with E-state index in [1.807, 2.05) is 0 Å². The lowest BCUT2D eigenvalue weighted by molar-refractivity contribution is 0.114. The predicted molar refractivity (Wildman–Crippen MR) is 80.0 cm³/mol. The third-order valence-electron chi connectivity index (χ3n) is 5.34. The van der Waals surface area contributed by atoms with Crippen LogP contribution in [0.25, 0.3) is 0 Å². The van der Waals surface area contributed by atoms with Crippen molar-refractivity contribution in [1.29, 1.82) is 0 Å². The monoisotopic (exact) mass is 258 g/mol. The van der Waals surface area contributed by atoms with Crippen molar-refractivity contribution in [3.63, 3.8) is 0 Å². The molecule has 0 radical (unpaired) electrons. The van der Waals surface area contributed by atoms with Crippen LogP contribution in [0, 0.1) is 5.92 Å². The van der Waals surface area contributed by atoms with E-state index in [0.29, 0.717) is 6.04 Å². The first-order valence-electron chi connectivity index (χ1n) is 7.72. The van der Waals surface area contributed by atoms with Crippen LogP contribution in [0.3, 0.4) is 0 Å². The topological polar surface area (TPSA) is 29.3 Å². The van der Waals surface area contributed by atoms with E-state index in [9.17, 15) is 0 Å². The Morgan fingerprint density at radius 2 is 1.79 bits per heavy atom. The molecular weight excluding hydrogens is 232 g/mol. The average Bonchev–Trinajstić information content (AvgIpc) is 2.77. The van der Waals surface area contributed by atoms with E-state index >= 15 is 0 Å². The largest absolute Gasteiger partial charge is 0.323 e. The maximum atomic E-state index is 6.48. The van der Waals surface area contributed by atoms with Crippen LogP contribution in [0.4, 0.5) is 0 Å². The smallest absolute Gasteiger partial charge is 0.0459 e. The van der Waals surface area contributed by atoms with Gasteiger partial charge in [0.05, 0.1) is 0 Å². The molecule has 104 valence electrons. The highest BCUT2D eigenvalue weighted by atomic mass is 15.2. The molecule has 2 aliphatic rings. The van der Waals surface area contributed by atoms with Gasteiger partial charge < -0.3 is 5.73 Å². The summed E-state index contributed by atoms with van der Waals surface area (Å²) in [7, 11) is 2.29. The van der Waals surface area contributed by atoms with Crippen molar-refractivity contribution in [2.45, 2.75) is 57.2 Å². The highest BCUT2D eigenvalue weighted by molar-refractivity contribution is 5.36. The maximum absolute atomic E-state index is 6.48. The summed E-state index contributed by atoms with van der Waals surface area (Å²) in [4.78, 5) is 2.58.